The fraction of sp³-hybridized carbons (Fsp3) is 0.167. The van der Waals surface area contributed by atoms with Crippen LogP contribution in [0.5, 0.6) is 5.88 Å². The van der Waals surface area contributed by atoms with Crippen molar-refractivity contribution in [3.63, 3.8) is 0 Å². The van der Waals surface area contributed by atoms with Crippen LogP contribution < -0.4 is 0 Å². The molecule has 1 aliphatic carbocycles. The van der Waals surface area contributed by atoms with Gasteiger partial charge in [-0.3, -0.25) is 4.79 Å². The summed E-state index contributed by atoms with van der Waals surface area (Å²) in [5.74, 6) is -0.172. The van der Waals surface area contributed by atoms with E-state index in [0.717, 1.165) is 22.9 Å². The van der Waals surface area contributed by atoms with Gasteiger partial charge in [0.1, 0.15) is 0 Å². The van der Waals surface area contributed by atoms with Crippen molar-refractivity contribution < 1.29 is 9.90 Å². The number of carbonyl (C=O) groups is 1. The normalized spacial score (nSPS) is 20.2. The van der Waals surface area contributed by atoms with Crippen molar-refractivity contribution in [3.8, 4) is 5.88 Å². The van der Waals surface area contributed by atoms with E-state index in [1.54, 1.807) is 0 Å². The summed E-state index contributed by atoms with van der Waals surface area (Å²) < 4.78 is 0. The number of H-pyrrole nitrogens is 1. The van der Waals surface area contributed by atoms with Crippen LogP contribution in [0.4, 0.5) is 5.69 Å². The van der Waals surface area contributed by atoms with Crippen LogP contribution >= 0.6 is 0 Å². The maximum atomic E-state index is 12.2. The maximum Gasteiger partial charge on any atom is 0.268 e. The van der Waals surface area contributed by atoms with Gasteiger partial charge in [0.05, 0.1) is 5.52 Å². The number of aromatic amines is 1. The van der Waals surface area contributed by atoms with Crippen LogP contribution in [0.3, 0.4) is 0 Å². The number of hydrogen-bond donors (Lipinski definition) is 2. The highest BCUT2D eigenvalue weighted by molar-refractivity contribution is 5.94. The van der Waals surface area contributed by atoms with E-state index >= 15 is 0 Å². The van der Waals surface area contributed by atoms with E-state index < -0.39 is 0 Å². The second-order valence-corrected chi connectivity index (χ2v) is 5.77. The van der Waals surface area contributed by atoms with Crippen molar-refractivity contribution in [2.75, 3.05) is 0 Å². The lowest BCUT2D eigenvalue weighted by atomic mass is 10.1. The summed E-state index contributed by atoms with van der Waals surface area (Å²) >= 11 is 0. The third-order valence-electron chi connectivity index (χ3n) is 4.24. The highest BCUT2D eigenvalue weighted by atomic mass is 16.3. The molecule has 1 amide bonds. The summed E-state index contributed by atoms with van der Waals surface area (Å²) in [6, 6.07) is 17.3. The minimum absolute atomic E-state index is 0.0712. The van der Waals surface area contributed by atoms with Gasteiger partial charge in [0, 0.05) is 11.3 Å². The smallest absolute Gasteiger partial charge is 0.268 e. The molecule has 2 unspecified atom stereocenters. The molecule has 0 saturated heterocycles. The fourth-order valence-electron chi connectivity index (χ4n) is 2.92. The molecule has 23 heavy (non-hydrogen) atoms. The second kappa shape index (κ2) is 5.35. The molecule has 0 aliphatic heterocycles. The first-order valence-electron chi connectivity index (χ1n) is 7.54. The van der Waals surface area contributed by atoms with E-state index in [9.17, 15) is 9.90 Å². The molecular weight excluding hydrogens is 290 g/mol. The first-order chi connectivity index (χ1) is 11.2. The Labute approximate surface area is 132 Å². The summed E-state index contributed by atoms with van der Waals surface area (Å²) in [6.45, 7) is 0. The number of amides is 1. The predicted molar refractivity (Wildman–Crippen MR) is 86.8 cm³/mol. The van der Waals surface area contributed by atoms with Crippen LogP contribution in [0.1, 0.15) is 17.9 Å². The molecule has 1 aliphatic rings. The molecule has 0 bridgehead atoms. The third kappa shape index (κ3) is 2.50. The minimum atomic E-state index is -0.233. The number of carbonyl (C=O) groups excluding carboxylic acids is 1. The van der Waals surface area contributed by atoms with Gasteiger partial charge in [0.25, 0.3) is 5.91 Å². The highest BCUT2D eigenvalue weighted by Gasteiger charge is 2.44. The second-order valence-electron chi connectivity index (χ2n) is 5.77. The summed E-state index contributed by atoms with van der Waals surface area (Å²) in [4.78, 5) is 15.0. The summed E-state index contributed by atoms with van der Waals surface area (Å²) in [5.41, 5.74) is 2.24. The molecule has 2 N–H and O–H groups in total. The minimum Gasteiger partial charge on any atom is -0.493 e. The molecule has 1 aromatic heterocycles. The Morgan fingerprint density at radius 3 is 2.65 bits per heavy atom. The van der Waals surface area contributed by atoms with Gasteiger partial charge in [-0.15, -0.1) is 10.2 Å². The largest absolute Gasteiger partial charge is 0.493 e. The van der Waals surface area contributed by atoms with Gasteiger partial charge in [-0.25, -0.2) is 0 Å². The van der Waals surface area contributed by atoms with Crippen LogP contribution in [0.25, 0.3) is 10.9 Å². The van der Waals surface area contributed by atoms with Gasteiger partial charge in [-0.05, 0) is 24.0 Å². The number of aromatic nitrogens is 1. The zero-order chi connectivity index (χ0) is 15.8. The number of azo groups is 1. The molecule has 5 nitrogen and oxygen atoms in total. The monoisotopic (exact) mass is 305 g/mol. The molecule has 3 aromatic rings. The van der Waals surface area contributed by atoms with Crippen LogP contribution in [0.15, 0.2) is 64.8 Å². The molecule has 2 atom stereocenters. The SMILES string of the molecule is O=C(N=Nc1c(O)[nH]c2ccccc12)C1CC1c1ccccc1. The number of hydrogen-bond acceptors (Lipinski definition) is 3. The van der Waals surface area contributed by atoms with E-state index in [1.807, 2.05) is 54.6 Å². The summed E-state index contributed by atoms with van der Waals surface area (Å²) in [6.07, 6.45) is 0.807. The number of benzene rings is 2. The van der Waals surface area contributed by atoms with Crippen molar-refractivity contribution in [2.24, 2.45) is 16.1 Å². The Morgan fingerprint density at radius 1 is 1.09 bits per heavy atom. The molecule has 0 radical (unpaired) electrons. The zero-order valence-corrected chi connectivity index (χ0v) is 12.3. The Balaban J connectivity index is 1.53. The molecule has 4 rings (SSSR count). The van der Waals surface area contributed by atoms with Gasteiger partial charge < -0.3 is 10.1 Å². The number of para-hydroxylation sites is 1. The number of nitrogens with zero attached hydrogens (tertiary/aromatic N) is 2. The lowest BCUT2D eigenvalue weighted by Gasteiger charge is -1.96. The molecule has 2 aromatic carbocycles. The van der Waals surface area contributed by atoms with Gasteiger partial charge in [-0.1, -0.05) is 48.5 Å². The number of aromatic hydroxyl groups is 1. The van der Waals surface area contributed by atoms with Crippen LogP contribution in [0, 0.1) is 5.92 Å². The predicted octanol–water partition coefficient (Wildman–Crippen LogP) is 4.29. The van der Waals surface area contributed by atoms with Gasteiger partial charge in [0.15, 0.2) is 5.69 Å². The molecule has 114 valence electrons. The summed E-state index contributed by atoms with van der Waals surface area (Å²) in [7, 11) is 0. The molecule has 1 heterocycles. The van der Waals surface area contributed by atoms with E-state index in [4.69, 9.17) is 0 Å². The van der Waals surface area contributed by atoms with Gasteiger partial charge >= 0.3 is 0 Å². The van der Waals surface area contributed by atoms with Crippen molar-refractivity contribution in [1.29, 1.82) is 0 Å². The Morgan fingerprint density at radius 2 is 1.83 bits per heavy atom. The molecular formula is C18H15N3O2. The van der Waals surface area contributed by atoms with Gasteiger partial charge in [0.2, 0.25) is 5.88 Å². The van der Waals surface area contributed by atoms with Crippen LogP contribution in [-0.2, 0) is 4.79 Å². The lowest BCUT2D eigenvalue weighted by molar-refractivity contribution is -0.119. The Bertz CT molecular complexity index is 899. The lowest BCUT2D eigenvalue weighted by Crippen LogP contribution is -1.96. The van der Waals surface area contributed by atoms with E-state index in [0.29, 0.717) is 5.69 Å². The standard InChI is InChI=1S/C18H15N3O2/c22-17(14-10-13(14)11-6-2-1-3-7-11)21-20-16-12-8-4-5-9-15(12)19-18(16)23/h1-9,13-14,19,23H,10H2. The van der Waals surface area contributed by atoms with Crippen LogP contribution in [0.2, 0.25) is 0 Å². The molecule has 0 spiro atoms. The van der Waals surface area contributed by atoms with E-state index in [2.05, 4.69) is 15.2 Å². The number of nitrogens with one attached hydrogen (secondary N) is 1. The Hall–Kier alpha value is -2.95. The molecule has 5 heteroatoms. The number of rotatable bonds is 3. The number of fused-ring (bicyclic) bond motifs is 1. The fourth-order valence-corrected chi connectivity index (χ4v) is 2.92. The summed E-state index contributed by atoms with van der Waals surface area (Å²) in [5, 5.41) is 18.5. The first-order valence-corrected chi connectivity index (χ1v) is 7.54. The van der Waals surface area contributed by atoms with Crippen molar-refractivity contribution >= 4 is 22.5 Å². The van der Waals surface area contributed by atoms with E-state index in [-0.39, 0.29) is 23.6 Å². The average Bonchev–Trinajstić information content (AvgIpc) is 3.32. The van der Waals surface area contributed by atoms with Crippen molar-refractivity contribution in [3.05, 3.63) is 60.2 Å². The van der Waals surface area contributed by atoms with Crippen LogP contribution in [-0.4, -0.2) is 16.0 Å². The zero-order valence-electron chi connectivity index (χ0n) is 12.3. The molecule has 1 saturated carbocycles. The quantitative estimate of drug-likeness (QED) is 0.708. The van der Waals surface area contributed by atoms with Crippen molar-refractivity contribution in [2.45, 2.75) is 12.3 Å². The van der Waals surface area contributed by atoms with Gasteiger partial charge in [-0.2, -0.15) is 0 Å². The maximum absolute atomic E-state index is 12.2. The highest BCUT2D eigenvalue weighted by Crippen LogP contribution is 2.48. The first kappa shape index (κ1) is 13.7. The third-order valence-corrected chi connectivity index (χ3v) is 4.24. The van der Waals surface area contributed by atoms with E-state index in [1.165, 1.54) is 0 Å². The van der Waals surface area contributed by atoms with Crippen molar-refractivity contribution in [1.82, 2.24) is 4.98 Å². The average molecular weight is 305 g/mol. The molecule has 1 fully saturated rings. The Kier molecular flexibility index (Phi) is 3.19. The topological polar surface area (TPSA) is 77.8 Å².